The van der Waals surface area contributed by atoms with Crippen LogP contribution in [0, 0.1) is 0 Å². The number of hydrogen-bond donors (Lipinski definition) is 1. The lowest BCUT2D eigenvalue weighted by atomic mass is 10.00. The number of nitrogens with one attached hydrogen (secondary N) is 1. The molecule has 0 unspecified atom stereocenters. The van der Waals surface area contributed by atoms with Crippen molar-refractivity contribution < 1.29 is 9.53 Å². The van der Waals surface area contributed by atoms with Gasteiger partial charge in [0.1, 0.15) is 6.33 Å². The molecule has 0 spiro atoms. The number of ether oxygens (including phenoxy) is 1. The number of aryl methyl sites for hydroxylation is 1. The van der Waals surface area contributed by atoms with Gasteiger partial charge in [-0.3, -0.25) is 0 Å². The average Bonchev–Trinajstić information content (AvgIpc) is 2.93. The summed E-state index contributed by atoms with van der Waals surface area (Å²) in [6, 6.07) is 0.0773. The van der Waals surface area contributed by atoms with Gasteiger partial charge in [-0.05, 0) is 46.5 Å². The molecule has 23 heavy (non-hydrogen) atoms. The quantitative estimate of drug-likeness (QED) is 0.871. The fourth-order valence-electron chi connectivity index (χ4n) is 3.02. The largest absolute Gasteiger partial charge is 0.379 e. The summed E-state index contributed by atoms with van der Waals surface area (Å²) >= 11 is 0. The molecule has 0 aromatic carbocycles. The molecular weight excluding hydrogens is 294 g/mol. The van der Waals surface area contributed by atoms with E-state index in [9.17, 15) is 4.79 Å². The maximum Gasteiger partial charge on any atom is 0.318 e. The van der Waals surface area contributed by atoms with Crippen molar-refractivity contribution in [2.24, 2.45) is 7.05 Å². The zero-order valence-corrected chi connectivity index (χ0v) is 14.7. The van der Waals surface area contributed by atoms with Gasteiger partial charge < -0.3 is 19.5 Å². The lowest BCUT2D eigenvalue weighted by molar-refractivity contribution is 0.0550. The van der Waals surface area contributed by atoms with Crippen molar-refractivity contribution in [3.8, 4) is 0 Å². The molecule has 7 nitrogen and oxygen atoms in total. The molecule has 1 aromatic rings. The Morgan fingerprint density at radius 1 is 1.43 bits per heavy atom. The van der Waals surface area contributed by atoms with Crippen LogP contribution in [0.2, 0.25) is 0 Å². The maximum atomic E-state index is 12.6. The number of urea groups is 1. The van der Waals surface area contributed by atoms with E-state index in [-0.39, 0.29) is 24.2 Å². The highest BCUT2D eigenvalue weighted by Crippen LogP contribution is 2.21. The molecule has 2 rings (SSSR count). The molecule has 0 bridgehead atoms. The Balaban J connectivity index is 1.91. The Bertz CT molecular complexity index is 502. The van der Waals surface area contributed by atoms with E-state index in [1.807, 2.05) is 37.3 Å². The first-order valence-corrected chi connectivity index (χ1v) is 8.51. The number of carbonyl (C=O) groups excluding carboxylic acids is 1. The van der Waals surface area contributed by atoms with Crippen LogP contribution in [0.4, 0.5) is 4.79 Å². The third-order valence-electron chi connectivity index (χ3n) is 4.26. The highest BCUT2D eigenvalue weighted by molar-refractivity contribution is 5.75. The summed E-state index contributed by atoms with van der Waals surface area (Å²) in [7, 11) is 1.88. The summed E-state index contributed by atoms with van der Waals surface area (Å²) in [5, 5.41) is 11.0. The number of hydrogen-bond acceptors (Lipinski definition) is 4. The third kappa shape index (κ3) is 4.92. The summed E-state index contributed by atoms with van der Waals surface area (Å²) in [4.78, 5) is 14.6. The summed E-state index contributed by atoms with van der Waals surface area (Å²) in [5.74, 6) is 0.759. The van der Waals surface area contributed by atoms with Gasteiger partial charge in [0.15, 0.2) is 5.82 Å². The minimum absolute atomic E-state index is 0.0188. The molecule has 1 aromatic heterocycles. The van der Waals surface area contributed by atoms with Crippen LogP contribution >= 0.6 is 0 Å². The number of likely N-dealkylation sites (tertiary alicyclic amines) is 1. The second-order valence-corrected chi connectivity index (χ2v) is 6.52. The maximum absolute atomic E-state index is 12.6. The smallest absolute Gasteiger partial charge is 0.318 e. The van der Waals surface area contributed by atoms with E-state index < -0.39 is 0 Å². The van der Waals surface area contributed by atoms with Crippen LogP contribution < -0.4 is 5.32 Å². The first kappa shape index (κ1) is 17.7. The molecule has 2 amide bonds. The van der Waals surface area contributed by atoms with Gasteiger partial charge in [-0.15, -0.1) is 10.2 Å². The second kappa shape index (κ2) is 8.29. The molecule has 0 aliphatic carbocycles. The van der Waals surface area contributed by atoms with Gasteiger partial charge in [-0.2, -0.15) is 0 Å². The van der Waals surface area contributed by atoms with Crippen LogP contribution in [0.3, 0.4) is 0 Å². The summed E-state index contributed by atoms with van der Waals surface area (Å²) < 4.78 is 7.48. The highest BCUT2D eigenvalue weighted by atomic mass is 16.5. The van der Waals surface area contributed by atoms with Crippen molar-refractivity contribution >= 4 is 6.03 Å². The molecule has 0 radical (unpaired) electrons. The number of carbonyl (C=O) groups is 1. The standard InChI is InChI=1S/C16H29N5O2/c1-12(2)23-10-8-14-7-5-6-9-21(14)16(22)18-13(3)15-19-17-11-20(15)4/h11-14H,5-10H2,1-4H3,(H,18,22)/t13-,14-/m0/s1. The van der Waals surface area contributed by atoms with Crippen molar-refractivity contribution in [2.45, 2.75) is 64.6 Å². The summed E-state index contributed by atoms with van der Waals surface area (Å²) in [5.41, 5.74) is 0. The lowest BCUT2D eigenvalue weighted by Gasteiger charge is -2.36. The highest BCUT2D eigenvalue weighted by Gasteiger charge is 2.28. The lowest BCUT2D eigenvalue weighted by Crippen LogP contribution is -2.49. The van der Waals surface area contributed by atoms with E-state index in [0.717, 1.165) is 31.6 Å². The van der Waals surface area contributed by atoms with Crippen LogP contribution in [0.1, 0.15) is 58.3 Å². The number of piperidine rings is 1. The zero-order chi connectivity index (χ0) is 16.8. The van der Waals surface area contributed by atoms with Gasteiger partial charge in [0.25, 0.3) is 0 Å². The van der Waals surface area contributed by atoms with Gasteiger partial charge in [0, 0.05) is 26.2 Å². The van der Waals surface area contributed by atoms with E-state index in [2.05, 4.69) is 15.5 Å². The molecule has 2 heterocycles. The van der Waals surface area contributed by atoms with Crippen LogP contribution in [-0.2, 0) is 11.8 Å². The topological polar surface area (TPSA) is 72.3 Å². The van der Waals surface area contributed by atoms with E-state index in [4.69, 9.17) is 4.74 Å². The Kier molecular flexibility index (Phi) is 6.38. The normalized spacial score (nSPS) is 19.9. The molecule has 1 aliphatic rings. The van der Waals surface area contributed by atoms with Crippen molar-refractivity contribution in [1.82, 2.24) is 25.0 Å². The van der Waals surface area contributed by atoms with Gasteiger partial charge in [0.05, 0.1) is 12.1 Å². The number of rotatable bonds is 6. The molecule has 1 saturated heterocycles. The predicted molar refractivity (Wildman–Crippen MR) is 88.0 cm³/mol. The van der Waals surface area contributed by atoms with E-state index in [1.165, 1.54) is 6.42 Å². The average molecular weight is 323 g/mol. The molecule has 2 atom stereocenters. The molecule has 1 aliphatic heterocycles. The Labute approximate surface area is 138 Å². The van der Waals surface area contributed by atoms with Crippen LogP contribution in [0.15, 0.2) is 6.33 Å². The van der Waals surface area contributed by atoms with Crippen LogP contribution in [0.5, 0.6) is 0 Å². The van der Waals surface area contributed by atoms with Gasteiger partial charge >= 0.3 is 6.03 Å². The number of aromatic nitrogens is 3. The minimum Gasteiger partial charge on any atom is -0.379 e. The van der Waals surface area contributed by atoms with Crippen molar-refractivity contribution in [1.29, 1.82) is 0 Å². The molecular formula is C16H29N5O2. The number of nitrogens with zero attached hydrogens (tertiary/aromatic N) is 4. The van der Waals surface area contributed by atoms with E-state index in [0.29, 0.717) is 6.61 Å². The predicted octanol–water partition coefficient (Wildman–Crippen LogP) is 2.26. The molecule has 130 valence electrons. The van der Waals surface area contributed by atoms with Crippen molar-refractivity contribution in [3.05, 3.63) is 12.2 Å². The Morgan fingerprint density at radius 3 is 2.87 bits per heavy atom. The van der Waals surface area contributed by atoms with Gasteiger partial charge in [-0.25, -0.2) is 4.79 Å². The Hall–Kier alpha value is -1.63. The fraction of sp³-hybridized carbons (Fsp3) is 0.812. The summed E-state index contributed by atoms with van der Waals surface area (Å²) in [6.45, 7) is 7.51. The first-order chi connectivity index (χ1) is 11.0. The second-order valence-electron chi connectivity index (χ2n) is 6.52. The molecule has 1 fully saturated rings. The monoisotopic (exact) mass is 323 g/mol. The fourth-order valence-corrected chi connectivity index (χ4v) is 3.02. The molecule has 1 N–H and O–H groups in total. The molecule has 0 saturated carbocycles. The summed E-state index contributed by atoms with van der Waals surface area (Å²) in [6.07, 6.45) is 6.06. The van der Waals surface area contributed by atoms with E-state index >= 15 is 0 Å². The van der Waals surface area contributed by atoms with Crippen molar-refractivity contribution in [2.75, 3.05) is 13.2 Å². The van der Waals surface area contributed by atoms with Crippen molar-refractivity contribution in [3.63, 3.8) is 0 Å². The molecule has 7 heteroatoms. The van der Waals surface area contributed by atoms with Gasteiger partial charge in [0.2, 0.25) is 0 Å². The van der Waals surface area contributed by atoms with Crippen LogP contribution in [-0.4, -0.2) is 51.0 Å². The third-order valence-corrected chi connectivity index (χ3v) is 4.26. The first-order valence-electron chi connectivity index (χ1n) is 8.51. The van der Waals surface area contributed by atoms with Gasteiger partial charge in [-0.1, -0.05) is 0 Å². The minimum atomic E-state index is -0.163. The van der Waals surface area contributed by atoms with Crippen LogP contribution in [0.25, 0.3) is 0 Å². The van der Waals surface area contributed by atoms with E-state index in [1.54, 1.807) is 6.33 Å². The zero-order valence-electron chi connectivity index (χ0n) is 14.7. The number of amides is 2. The Morgan fingerprint density at radius 2 is 2.22 bits per heavy atom. The SMILES string of the molecule is CC(C)OCC[C@@H]1CCCCN1C(=O)N[C@@H](C)c1nncn1C.